The van der Waals surface area contributed by atoms with E-state index < -0.39 is 0 Å². The fourth-order valence-corrected chi connectivity index (χ4v) is 2.46. The minimum Gasteiger partial charge on any atom is -0.367 e. The summed E-state index contributed by atoms with van der Waals surface area (Å²) in [6.45, 7) is 2.21. The quantitative estimate of drug-likeness (QED) is 0.597. The second kappa shape index (κ2) is 4.19. The van der Waals surface area contributed by atoms with Crippen LogP contribution in [0, 0.1) is 0 Å². The van der Waals surface area contributed by atoms with E-state index >= 15 is 0 Å². The summed E-state index contributed by atoms with van der Waals surface area (Å²) in [7, 11) is 0. The van der Waals surface area contributed by atoms with Gasteiger partial charge in [0.15, 0.2) is 0 Å². The lowest BCUT2D eigenvalue weighted by Crippen LogP contribution is -2.24. The maximum absolute atomic E-state index is 6.08. The van der Waals surface area contributed by atoms with E-state index in [2.05, 4.69) is 59.8 Å². The van der Waals surface area contributed by atoms with E-state index in [1.807, 2.05) is 0 Å². The standard InChI is InChI=1S/C12H15IO/c1-12(9-13)8-7-11(14-12)10-5-3-2-4-6-10/h2-6,11H,7-9H2,1H3. The minimum atomic E-state index is 0.0983. The van der Waals surface area contributed by atoms with Gasteiger partial charge < -0.3 is 4.74 Å². The molecule has 1 fully saturated rings. The first kappa shape index (κ1) is 10.4. The van der Waals surface area contributed by atoms with Gasteiger partial charge in [-0.1, -0.05) is 52.9 Å². The highest BCUT2D eigenvalue weighted by molar-refractivity contribution is 14.1. The maximum Gasteiger partial charge on any atom is 0.0833 e. The summed E-state index contributed by atoms with van der Waals surface area (Å²) in [5.74, 6) is 0. The monoisotopic (exact) mass is 302 g/mol. The van der Waals surface area contributed by atoms with Crippen LogP contribution >= 0.6 is 22.6 Å². The van der Waals surface area contributed by atoms with Crippen molar-refractivity contribution in [2.75, 3.05) is 4.43 Å². The van der Waals surface area contributed by atoms with Gasteiger partial charge in [0, 0.05) is 4.43 Å². The lowest BCUT2D eigenvalue weighted by atomic mass is 10.0. The van der Waals surface area contributed by atoms with E-state index in [0.29, 0.717) is 6.10 Å². The van der Waals surface area contributed by atoms with Gasteiger partial charge in [-0.2, -0.15) is 0 Å². The van der Waals surface area contributed by atoms with E-state index in [0.717, 1.165) is 10.8 Å². The Morgan fingerprint density at radius 3 is 2.71 bits per heavy atom. The zero-order valence-corrected chi connectivity index (χ0v) is 10.5. The van der Waals surface area contributed by atoms with Crippen LogP contribution < -0.4 is 0 Å². The van der Waals surface area contributed by atoms with Gasteiger partial charge in [-0.05, 0) is 25.3 Å². The molecule has 1 aliphatic heterocycles. The summed E-state index contributed by atoms with van der Waals surface area (Å²) in [6, 6.07) is 10.5. The largest absolute Gasteiger partial charge is 0.367 e. The van der Waals surface area contributed by atoms with E-state index in [1.54, 1.807) is 0 Å². The molecule has 76 valence electrons. The number of hydrogen-bond donors (Lipinski definition) is 0. The second-order valence-electron chi connectivity index (χ2n) is 4.14. The Kier molecular flexibility index (Phi) is 3.12. The van der Waals surface area contributed by atoms with Crippen molar-refractivity contribution in [3.8, 4) is 0 Å². The van der Waals surface area contributed by atoms with Crippen LogP contribution in [0.1, 0.15) is 31.4 Å². The van der Waals surface area contributed by atoms with E-state index in [9.17, 15) is 0 Å². The number of ether oxygens (including phenoxy) is 1. The molecule has 0 amide bonds. The number of alkyl halides is 1. The summed E-state index contributed by atoms with van der Waals surface area (Å²) in [6.07, 6.45) is 2.65. The number of benzene rings is 1. The third kappa shape index (κ3) is 2.11. The summed E-state index contributed by atoms with van der Waals surface area (Å²) < 4.78 is 7.15. The molecule has 2 unspecified atom stereocenters. The topological polar surface area (TPSA) is 9.23 Å². The van der Waals surface area contributed by atoms with E-state index in [1.165, 1.54) is 12.0 Å². The molecule has 1 heterocycles. The van der Waals surface area contributed by atoms with Crippen molar-refractivity contribution in [1.82, 2.24) is 0 Å². The zero-order valence-electron chi connectivity index (χ0n) is 8.37. The molecular weight excluding hydrogens is 287 g/mol. The Balaban J connectivity index is 2.10. The Hall–Kier alpha value is -0.0900. The normalized spacial score (nSPS) is 32.0. The Morgan fingerprint density at radius 1 is 1.43 bits per heavy atom. The lowest BCUT2D eigenvalue weighted by Gasteiger charge is -2.22. The minimum absolute atomic E-state index is 0.0983. The summed E-state index contributed by atoms with van der Waals surface area (Å²) in [4.78, 5) is 0. The molecule has 1 nitrogen and oxygen atoms in total. The fourth-order valence-electron chi connectivity index (χ4n) is 1.90. The number of halogens is 1. The highest BCUT2D eigenvalue weighted by Crippen LogP contribution is 2.39. The molecule has 2 heteroatoms. The molecule has 1 aromatic carbocycles. The SMILES string of the molecule is CC1(CI)CCC(c2ccccc2)O1. The first-order valence-corrected chi connectivity index (χ1v) is 6.55. The fraction of sp³-hybridized carbons (Fsp3) is 0.500. The molecule has 0 spiro atoms. The molecule has 0 N–H and O–H groups in total. The van der Waals surface area contributed by atoms with Crippen LogP contribution in [0.15, 0.2) is 30.3 Å². The van der Waals surface area contributed by atoms with Gasteiger partial charge in [0.25, 0.3) is 0 Å². The van der Waals surface area contributed by atoms with E-state index in [4.69, 9.17) is 4.74 Å². The summed E-state index contributed by atoms with van der Waals surface area (Å²) in [5, 5.41) is 0. The average molecular weight is 302 g/mol. The van der Waals surface area contributed by atoms with Crippen molar-refractivity contribution < 1.29 is 4.74 Å². The predicted molar refractivity (Wildman–Crippen MR) is 66.8 cm³/mol. The summed E-state index contributed by atoms with van der Waals surface area (Å²) >= 11 is 2.41. The average Bonchev–Trinajstić information content (AvgIpc) is 2.63. The third-order valence-electron chi connectivity index (χ3n) is 2.82. The maximum atomic E-state index is 6.08. The molecule has 2 rings (SSSR count). The molecule has 0 bridgehead atoms. The molecular formula is C12H15IO. The molecule has 14 heavy (non-hydrogen) atoms. The molecule has 0 saturated carbocycles. The van der Waals surface area contributed by atoms with Gasteiger partial charge >= 0.3 is 0 Å². The Morgan fingerprint density at radius 2 is 2.14 bits per heavy atom. The van der Waals surface area contributed by atoms with Gasteiger partial charge in [0.05, 0.1) is 11.7 Å². The van der Waals surface area contributed by atoms with Gasteiger partial charge in [-0.25, -0.2) is 0 Å². The smallest absolute Gasteiger partial charge is 0.0833 e. The Bertz CT molecular complexity index is 298. The van der Waals surface area contributed by atoms with Crippen molar-refractivity contribution >= 4 is 22.6 Å². The van der Waals surface area contributed by atoms with Crippen molar-refractivity contribution in [3.63, 3.8) is 0 Å². The third-order valence-corrected chi connectivity index (χ3v) is 4.43. The second-order valence-corrected chi connectivity index (χ2v) is 4.90. The molecule has 1 saturated heterocycles. The highest BCUT2D eigenvalue weighted by atomic mass is 127. The molecule has 1 aliphatic rings. The van der Waals surface area contributed by atoms with Crippen LogP contribution in [-0.4, -0.2) is 10.0 Å². The Labute approximate surface area is 99.0 Å². The van der Waals surface area contributed by atoms with Crippen LogP contribution in [0.25, 0.3) is 0 Å². The van der Waals surface area contributed by atoms with Crippen LogP contribution in [0.2, 0.25) is 0 Å². The lowest BCUT2D eigenvalue weighted by molar-refractivity contribution is -0.0109. The van der Waals surface area contributed by atoms with Crippen molar-refractivity contribution in [2.45, 2.75) is 31.5 Å². The molecule has 0 radical (unpaired) electrons. The molecule has 0 aliphatic carbocycles. The van der Waals surface area contributed by atoms with Crippen molar-refractivity contribution in [2.24, 2.45) is 0 Å². The van der Waals surface area contributed by atoms with Gasteiger partial charge in [0.1, 0.15) is 0 Å². The molecule has 1 aromatic rings. The number of hydrogen-bond acceptors (Lipinski definition) is 1. The summed E-state index contributed by atoms with van der Waals surface area (Å²) in [5.41, 5.74) is 1.42. The van der Waals surface area contributed by atoms with Gasteiger partial charge in [0.2, 0.25) is 0 Å². The zero-order chi connectivity index (χ0) is 10.0. The molecule has 2 atom stereocenters. The van der Waals surface area contributed by atoms with Crippen LogP contribution in [0.4, 0.5) is 0 Å². The highest BCUT2D eigenvalue weighted by Gasteiger charge is 2.35. The van der Waals surface area contributed by atoms with Crippen LogP contribution in [-0.2, 0) is 4.74 Å². The van der Waals surface area contributed by atoms with Crippen molar-refractivity contribution in [1.29, 1.82) is 0 Å². The van der Waals surface area contributed by atoms with E-state index in [-0.39, 0.29) is 5.60 Å². The van der Waals surface area contributed by atoms with Crippen molar-refractivity contribution in [3.05, 3.63) is 35.9 Å². The first-order valence-electron chi connectivity index (χ1n) is 5.02. The van der Waals surface area contributed by atoms with Gasteiger partial charge in [-0.15, -0.1) is 0 Å². The van der Waals surface area contributed by atoms with Crippen LogP contribution in [0.5, 0.6) is 0 Å². The first-order chi connectivity index (χ1) is 6.73. The molecule has 0 aromatic heterocycles. The van der Waals surface area contributed by atoms with Crippen LogP contribution in [0.3, 0.4) is 0 Å². The predicted octanol–water partition coefficient (Wildman–Crippen LogP) is 3.73. The number of rotatable bonds is 2. The van der Waals surface area contributed by atoms with Gasteiger partial charge in [-0.3, -0.25) is 0 Å².